The number of para-hydroxylation sites is 1. The van der Waals surface area contributed by atoms with Crippen LogP contribution in [0.5, 0.6) is 5.75 Å². The Morgan fingerprint density at radius 1 is 0.931 bits per heavy atom. The summed E-state index contributed by atoms with van der Waals surface area (Å²) in [4.78, 5) is 25.0. The third-order valence-electron chi connectivity index (χ3n) is 4.19. The highest BCUT2D eigenvalue weighted by molar-refractivity contribution is 6.09. The Balaban J connectivity index is 1.70. The van der Waals surface area contributed by atoms with Crippen LogP contribution in [0.4, 0.5) is 5.69 Å². The van der Waals surface area contributed by atoms with Gasteiger partial charge in [0.05, 0.1) is 24.6 Å². The van der Waals surface area contributed by atoms with Crippen LogP contribution in [0, 0.1) is 6.92 Å². The fraction of sp³-hybridized carbons (Fsp3) is 0.0870. The summed E-state index contributed by atoms with van der Waals surface area (Å²) in [6.45, 7) is 1.98. The average molecular weight is 387 g/mol. The number of amides is 2. The molecule has 0 aliphatic rings. The minimum absolute atomic E-state index is 0.316. The summed E-state index contributed by atoms with van der Waals surface area (Å²) in [6.07, 6.45) is 1.57. The molecule has 2 N–H and O–H groups in total. The number of hydrogen-bond donors (Lipinski definition) is 2. The maximum Gasteiger partial charge on any atom is 0.273 e. The summed E-state index contributed by atoms with van der Waals surface area (Å²) in [6, 6.07) is 21.2. The number of benzene rings is 3. The van der Waals surface area contributed by atoms with Gasteiger partial charge in [-0.3, -0.25) is 9.59 Å². The van der Waals surface area contributed by atoms with Gasteiger partial charge in [-0.15, -0.1) is 0 Å². The van der Waals surface area contributed by atoms with Gasteiger partial charge in [0.2, 0.25) is 0 Å². The van der Waals surface area contributed by atoms with Crippen LogP contribution in [0.1, 0.15) is 31.8 Å². The lowest BCUT2D eigenvalue weighted by atomic mass is 10.1. The molecule has 0 fully saturated rings. The number of nitrogens with zero attached hydrogens (tertiary/aromatic N) is 1. The second-order valence-corrected chi connectivity index (χ2v) is 6.34. The van der Waals surface area contributed by atoms with Gasteiger partial charge < -0.3 is 10.1 Å². The molecule has 3 aromatic rings. The molecule has 6 nitrogen and oxygen atoms in total. The molecule has 0 saturated heterocycles. The number of hydrogen-bond acceptors (Lipinski definition) is 4. The topological polar surface area (TPSA) is 79.8 Å². The van der Waals surface area contributed by atoms with Gasteiger partial charge in [-0.25, -0.2) is 5.43 Å². The lowest BCUT2D eigenvalue weighted by Crippen LogP contribution is -2.21. The second-order valence-electron chi connectivity index (χ2n) is 6.34. The number of ether oxygens (including phenoxy) is 1. The van der Waals surface area contributed by atoms with E-state index >= 15 is 0 Å². The van der Waals surface area contributed by atoms with Gasteiger partial charge in [0, 0.05) is 5.56 Å². The number of carbonyl (C=O) groups is 2. The Morgan fingerprint density at radius 2 is 1.69 bits per heavy atom. The molecule has 0 aromatic heterocycles. The molecule has 0 atom stereocenters. The fourth-order valence-corrected chi connectivity index (χ4v) is 2.70. The summed E-state index contributed by atoms with van der Waals surface area (Å²) in [5.41, 5.74) is 5.65. The quantitative estimate of drug-likeness (QED) is 0.495. The standard InChI is InChI=1S/C23H21N3O3/c1-16-6-5-7-17(14-16)15-24-26-23(28)20-8-3-4-9-21(20)25-22(27)18-10-12-19(29-2)13-11-18/h3-15H,1-2H3,(H,25,27)(H,26,28)/b24-15+. The molecule has 6 heteroatoms. The fourth-order valence-electron chi connectivity index (χ4n) is 2.70. The second kappa shape index (κ2) is 9.32. The van der Waals surface area contributed by atoms with Crippen LogP contribution >= 0.6 is 0 Å². The monoisotopic (exact) mass is 387 g/mol. The van der Waals surface area contributed by atoms with Gasteiger partial charge in [0.1, 0.15) is 5.75 Å². The van der Waals surface area contributed by atoms with Crippen LogP contribution in [0.2, 0.25) is 0 Å². The molecular weight excluding hydrogens is 366 g/mol. The van der Waals surface area contributed by atoms with Crippen molar-refractivity contribution in [2.45, 2.75) is 6.92 Å². The molecule has 0 unspecified atom stereocenters. The van der Waals surface area contributed by atoms with Crippen molar-refractivity contribution in [1.82, 2.24) is 5.43 Å². The third kappa shape index (κ3) is 5.29. The molecule has 146 valence electrons. The Morgan fingerprint density at radius 3 is 2.41 bits per heavy atom. The van der Waals surface area contributed by atoms with E-state index in [4.69, 9.17) is 4.74 Å². The van der Waals surface area contributed by atoms with Gasteiger partial charge in [0.15, 0.2) is 0 Å². The van der Waals surface area contributed by atoms with Gasteiger partial charge in [-0.05, 0) is 48.9 Å². The molecule has 0 bridgehead atoms. The van der Waals surface area contributed by atoms with E-state index in [2.05, 4.69) is 15.8 Å². The third-order valence-corrected chi connectivity index (χ3v) is 4.19. The van der Waals surface area contributed by atoms with Crippen LogP contribution in [-0.4, -0.2) is 25.1 Å². The summed E-state index contributed by atoms with van der Waals surface area (Å²) in [5.74, 6) is -0.0801. The Bertz CT molecular complexity index is 1040. The number of carbonyl (C=O) groups excluding carboxylic acids is 2. The van der Waals surface area contributed by atoms with Crippen LogP contribution in [0.3, 0.4) is 0 Å². The van der Waals surface area contributed by atoms with E-state index in [1.165, 1.54) is 0 Å². The van der Waals surface area contributed by atoms with E-state index in [0.717, 1.165) is 11.1 Å². The van der Waals surface area contributed by atoms with E-state index < -0.39 is 5.91 Å². The van der Waals surface area contributed by atoms with Crippen molar-refractivity contribution in [3.63, 3.8) is 0 Å². The minimum Gasteiger partial charge on any atom is -0.497 e. The van der Waals surface area contributed by atoms with Crippen molar-refractivity contribution in [3.05, 3.63) is 95.1 Å². The molecule has 0 aliphatic carbocycles. The molecule has 3 rings (SSSR count). The molecule has 0 radical (unpaired) electrons. The smallest absolute Gasteiger partial charge is 0.273 e. The van der Waals surface area contributed by atoms with Gasteiger partial charge in [0.25, 0.3) is 11.8 Å². The first-order chi connectivity index (χ1) is 14.1. The zero-order valence-corrected chi connectivity index (χ0v) is 16.2. The number of nitrogens with one attached hydrogen (secondary N) is 2. The van der Waals surface area contributed by atoms with Crippen molar-refractivity contribution in [2.75, 3.05) is 12.4 Å². The summed E-state index contributed by atoms with van der Waals surface area (Å²) in [7, 11) is 1.56. The van der Waals surface area contributed by atoms with Crippen LogP contribution in [0.25, 0.3) is 0 Å². The van der Waals surface area contributed by atoms with Crippen LogP contribution < -0.4 is 15.5 Å². The summed E-state index contributed by atoms with van der Waals surface area (Å²) < 4.78 is 5.10. The molecular formula is C23H21N3O3. The number of aryl methyl sites for hydroxylation is 1. The predicted molar refractivity (Wildman–Crippen MR) is 114 cm³/mol. The molecule has 0 saturated carbocycles. The predicted octanol–water partition coefficient (Wildman–Crippen LogP) is 4.02. The maximum atomic E-state index is 12.5. The number of anilines is 1. The molecule has 3 aromatic carbocycles. The Labute approximate surface area is 169 Å². The minimum atomic E-state index is -0.417. The van der Waals surface area contributed by atoms with Crippen molar-refractivity contribution >= 4 is 23.7 Å². The van der Waals surface area contributed by atoms with Gasteiger partial charge in [-0.1, -0.05) is 42.0 Å². The molecule has 2 amide bonds. The zero-order chi connectivity index (χ0) is 20.6. The van der Waals surface area contributed by atoms with Crippen molar-refractivity contribution in [1.29, 1.82) is 0 Å². The van der Waals surface area contributed by atoms with Gasteiger partial charge >= 0.3 is 0 Å². The van der Waals surface area contributed by atoms with Crippen LogP contribution in [0.15, 0.2) is 77.9 Å². The van der Waals surface area contributed by atoms with E-state index in [0.29, 0.717) is 22.6 Å². The molecule has 0 heterocycles. The highest BCUT2D eigenvalue weighted by Crippen LogP contribution is 2.17. The van der Waals surface area contributed by atoms with Crippen molar-refractivity contribution < 1.29 is 14.3 Å². The first-order valence-electron chi connectivity index (χ1n) is 9.01. The lowest BCUT2D eigenvalue weighted by Gasteiger charge is -2.10. The van der Waals surface area contributed by atoms with Gasteiger partial charge in [-0.2, -0.15) is 5.10 Å². The van der Waals surface area contributed by atoms with Crippen molar-refractivity contribution in [3.8, 4) is 5.75 Å². The molecule has 0 aliphatic heterocycles. The molecule has 0 spiro atoms. The van der Waals surface area contributed by atoms with E-state index in [-0.39, 0.29) is 5.91 Å². The summed E-state index contributed by atoms with van der Waals surface area (Å²) in [5, 5.41) is 6.77. The first kappa shape index (κ1) is 19.8. The Kier molecular flexibility index (Phi) is 6.37. The van der Waals surface area contributed by atoms with Crippen molar-refractivity contribution in [2.24, 2.45) is 5.10 Å². The van der Waals surface area contributed by atoms with E-state index in [9.17, 15) is 9.59 Å². The lowest BCUT2D eigenvalue weighted by molar-refractivity contribution is 0.0956. The maximum absolute atomic E-state index is 12.5. The average Bonchev–Trinajstić information content (AvgIpc) is 2.74. The number of hydrazone groups is 1. The highest BCUT2D eigenvalue weighted by atomic mass is 16.5. The first-order valence-corrected chi connectivity index (χ1v) is 9.01. The number of methoxy groups -OCH3 is 1. The van der Waals surface area contributed by atoms with E-state index in [1.54, 1.807) is 61.9 Å². The zero-order valence-electron chi connectivity index (χ0n) is 16.2. The normalized spacial score (nSPS) is 10.6. The highest BCUT2D eigenvalue weighted by Gasteiger charge is 2.13. The van der Waals surface area contributed by atoms with E-state index in [1.807, 2.05) is 31.2 Å². The largest absolute Gasteiger partial charge is 0.497 e. The Hall–Kier alpha value is -3.93. The number of rotatable bonds is 6. The SMILES string of the molecule is COc1ccc(C(=O)Nc2ccccc2C(=O)N/N=C/c2cccc(C)c2)cc1. The molecule has 29 heavy (non-hydrogen) atoms. The summed E-state index contributed by atoms with van der Waals surface area (Å²) >= 11 is 0. The van der Waals surface area contributed by atoms with Crippen LogP contribution in [-0.2, 0) is 0 Å².